The fourth-order valence-electron chi connectivity index (χ4n) is 3.24. The van der Waals surface area contributed by atoms with E-state index in [0.29, 0.717) is 37.2 Å². The minimum Gasteiger partial charge on any atom is -0.481 e. The Morgan fingerprint density at radius 2 is 1.69 bits per heavy atom. The van der Waals surface area contributed by atoms with Crippen molar-refractivity contribution in [2.75, 3.05) is 26.3 Å². The van der Waals surface area contributed by atoms with E-state index in [2.05, 4.69) is 5.32 Å². The van der Waals surface area contributed by atoms with Gasteiger partial charge < -0.3 is 15.2 Å². The normalized spacial score (nSPS) is 18.5. The summed E-state index contributed by atoms with van der Waals surface area (Å²) in [7, 11) is 0. The molecule has 0 radical (unpaired) electrons. The standard InChI is InChI=1S/C18H20N2O6/c21-14(19-11-18(17(24)25)6-9-26-10-7-18)5-8-20-15(22)12-3-1-2-4-13(12)16(20)23/h1-4H,5-11H2,(H,19,21)(H,24,25). The average molecular weight is 360 g/mol. The van der Waals surface area contributed by atoms with Crippen molar-refractivity contribution in [2.24, 2.45) is 5.41 Å². The zero-order chi connectivity index (χ0) is 18.7. The first-order chi connectivity index (χ1) is 12.4. The average Bonchev–Trinajstić information content (AvgIpc) is 2.90. The van der Waals surface area contributed by atoms with E-state index in [9.17, 15) is 24.3 Å². The lowest BCUT2D eigenvalue weighted by Gasteiger charge is -2.33. The molecule has 2 aliphatic rings. The van der Waals surface area contributed by atoms with Gasteiger partial charge in [-0.25, -0.2) is 0 Å². The molecule has 26 heavy (non-hydrogen) atoms. The van der Waals surface area contributed by atoms with E-state index in [1.165, 1.54) is 0 Å². The van der Waals surface area contributed by atoms with Crippen molar-refractivity contribution in [3.05, 3.63) is 35.4 Å². The number of benzene rings is 1. The van der Waals surface area contributed by atoms with Gasteiger partial charge in [0.1, 0.15) is 0 Å². The predicted octanol–water partition coefficient (Wildman–Crippen LogP) is 0.670. The van der Waals surface area contributed by atoms with Gasteiger partial charge in [0, 0.05) is 32.7 Å². The lowest BCUT2D eigenvalue weighted by Crippen LogP contribution is -2.47. The number of hydrogen-bond acceptors (Lipinski definition) is 5. The summed E-state index contributed by atoms with van der Waals surface area (Å²) in [4.78, 5) is 49.2. The van der Waals surface area contributed by atoms with E-state index >= 15 is 0 Å². The number of aliphatic carboxylic acids is 1. The van der Waals surface area contributed by atoms with Crippen molar-refractivity contribution >= 4 is 23.7 Å². The maximum Gasteiger partial charge on any atom is 0.311 e. The summed E-state index contributed by atoms with van der Waals surface area (Å²) < 4.78 is 5.19. The van der Waals surface area contributed by atoms with Crippen molar-refractivity contribution in [1.82, 2.24) is 10.2 Å². The second kappa shape index (κ2) is 7.25. The van der Waals surface area contributed by atoms with Crippen molar-refractivity contribution < 1.29 is 29.0 Å². The Kier molecular flexibility index (Phi) is 5.03. The number of imide groups is 1. The van der Waals surface area contributed by atoms with Gasteiger partial charge in [0.25, 0.3) is 11.8 Å². The molecule has 2 aliphatic heterocycles. The highest BCUT2D eigenvalue weighted by Gasteiger charge is 2.40. The number of carbonyl (C=O) groups is 4. The lowest BCUT2D eigenvalue weighted by atomic mass is 9.80. The maximum absolute atomic E-state index is 12.2. The van der Waals surface area contributed by atoms with Gasteiger partial charge in [0.05, 0.1) is 16.5 Å². The highest BCUT2D eigenvalue weighted by atomic mass is 16.5. The summed E-state index contributed by atoms with van der Waals surface area (Å²) in [6.07, 6.45) is 0.597. The molecule has 1 aromatic carbocycles. The zero-order valence-electron chi connectivity index (χ0n) is 14.2. The fraction of sp³-hybridized carbons (Fsp3) is 0.444. The summed E-state index contributed by atoms with van der Waals surface area (Å²) in [5.41, 5.74) is -0.349. The van der Waals surface area contributed by atoms with Crippen LogP contribution < -0.4 is 5.32 Å². The van der Waals surface area contributed by atoms with Crippen molar-refractivity contribution in [3.63, 3.8) is 0 Å². The van der Waals surface area contributed by atoms with Crippen molar-refractivity contribution in [1.29, 1.82) is 0 Å². The van der Waals surface area contributed by atoms with E-state index in [1.807, 2.05) is 0 Å². The third-order valence-electron chi connectivity index (χ3n) is 4.97. The molecule has 3 amide bonds. The molecule has 8 nitrogen and oxygen atoms in total. The minimum absolute atomic E-state index is 0.00659. The number of nitrogens with zero attached hydrogens (tertiary/aromatic N) is 1. The Morgan fingerprint density at radius 3 is 2.23 bits per heavy atom. The second-order valence-corrected chi connectivity index (χ2v) is 6.53. The number of carboxylic acid groups (broad SMARTS) is 1. The van der Waals surface area contributed by atoms with E-state index in [-0.39, 0.29) is 19.5 Å². The number of nitrogens with one attached hydrogen (secondary N) is 1. The maximum atomic E-state index is 12.2. The van der Waals surface area contributed by atoms with Crippen LogP contribution in [0.25, 0.3) is 0 Å². The number of rotatable bonds is 6. The Hall–Kier alpha value is -2.74. The molecule has 2 heterocycles. The Balaban J connectivity index is 1.54. The number of carbonyl (C=O) groups excluding carboxylic acids is 3. The van der Waals surface area contributed by atoms with Gasteiger partial charge in [0.15, 0.2) is 0 Å². The van der Waals surface area contributed by atoms with Crippen molar-refractivity contribution in [2.45, 2.75) is 19.3 Å². The molecule has 0 saturated carbocycles. The predicted molar refractivity (Wildman–Crippen MR) is 89.6 cm³/mol. The monoisotopic (exact) mass is 360 g/mol. The first kappa shape index (κ1) is 18.1. The third kappa shape index (κ3) is 3.32. The van der Waals surface area contributed by atoms with Gasteiger partial charge >= 0.3 is 5.97 Å². The first-order valence-corrected chi connectivity index (χ1v) is 8.48. The number of carboxylic acids is 1. The summed E-state index contributed by atoms with van der Waals surface area (Å²) in [5, 5.41) is 12.1. The Labute approximate surface area is 150 Å². The van der Waals surface area contributed by atoms with Crippen LogP contribution in [0, 0.1) is 5.41 Å². The molecule has 0 bridgehead atoms. The van der Waals surface area contributed by atoms with Gasteiger partial charge in [-0.3, -0.25) is 24.1 Å². The quantitative estimate of drug-likeness (QED) is 0.721. The van der Waals surface area contributed by atoms with Gasteiger partial charge in [-0.2, -0.15) is 0 Å². The summed E-state index contributed by atoms with van der Waals surface area (Å²) in [6.45, 7) is 0.655. The van der Waals surface area contributed by atoms with Crippen LogP contribution in [-0.2, 0) is 14.3 Å². The highest BCUT2D eigenvalue weighted by Crippen LogP contribution is 2.30. The molecular weight excluding hydrogens is 340 g/mol. The summed E-state index contributed by atoms with van der Waals surface area (Å²) in [5.74, 6) is -2.18. The van der Waals surface area contributed by atoms with Crippen LogP contribution in [0.1, 0.15) is 40.0 Å². The van der Waals surface area contributed by atoms with Crippen LogP contribution in [-0.4, -0.2) is 60.0 Å². The van der Waals surface area contributed by atoms with Gasteiger partial charge in [-0.1, -0.05) is 12.1 Å². The van der Waals surface area contributed by atoms with Gasteiger partial charge in [-0.05, 0) is 25.0 Å². The van der Waals surface area contributed by atoms with Crippen LogP contribution >= 0.6 is 0 Å². The molecule has 0 aromatic heterocycles. The molecular formula is C18H20N2O6. The molecule has 1 fully saturated rings. The minimum atomic E-state index is -1.02. The molecule has 1 saturated heterocycles. The van der Waals surface area contributed by atoms with Crippen LogP contribution in [0.5, 0.6) is 0 Å². The molecule has 0 unspecified atom stereocenters. The van der Waals surface area contributed by atoms with E-state index in [1.54, 1.807) is 24.3 Å². The van der Waals surface area contributed by atoms with Crippen LogP contribution in [0.15, 0.2) is 24.3 Å². The Bertz CT molecular complexity index is 719. The number of ether oxygens (including phenoxy) is 1. The third-order valence-corrected chi connectivity index (χ3v) is 4.97. The zero-order valence-corrected chi connectivity index (χ0v) is 14.2. The number of fused-ring (bicyclic) bond motifs is 1. The molecule has 3 rings (SSSR count). The highest BCUT2D eigenvalue weighted by molar-refractivity contribution is 6.21. The molecule has 2 N–H and O–H groups in total. The smallest absolute Gasteiger partial charge is 0.311 e. The number of amides is 3. The second-order valence-electron chi connectivity index (χ2n) is 6.53. The summed E-state index contributed by atoms with van der Waals surface area (Å²) in [6, 6.07) is 6.52. The SMILES string of the molecule is O=C(CCN1C(=O)c2ccccc2C1=O)NCC1(C(=O)O)CCOCC1. The largest absolute Gasteiger partial charge is 0.481 e. The van der Waals surface area contributed by atoms with Crippen LogP contribution in [0.3, 0.4) is 0 Å². The van der Waals surface area contributed by atoms with Crippen molar-refractivity contribution in [3.8, 4) is 0 Å². The molecule has 8 heteroatoms. The van der Waals surface area contributed by atoms with E-state index in [0.717, 1.165) is 4.90 Å². The first-order valence-electron chi connectivity index (χ1n) is 8.48. The van der Waals surface area contributed by atoms with Gasteiger partial charge in [-0.15, -0.1) is 0 Å². The molecule has 1 aromatic rings. The van der Waals surface area contributed by atoms with E-state index < -0.39 is 29.1 Å². The summed E-state index contributed by atoms with van der Waals surface area (Å²) >= 11 is 0. The van der Waals surface area contributed by atoms with Crippen LogP contribution in [0.2, 0.25) is 0 Å². The molecule has 138 valence electrons. The molecule has 0 aliphatic carbocycles. The molecule has 0 spiro atoms. The Morgan fingerprint density at radius 1 is 1.12 bits per heavy atom. The number of hydrogen-bond donors (Lipinski definition) is 2. The topological polar surface area (TPSA) is 113 Å². The van der Waals surface area contributed by atoms with E-state index in [4.69, 9.17) is 4.74 Å². The molecule has 0 atom stereocenters. The van der Waals surface area contributed by atoms with Crippen LogP contribution in [0.4, 0.5) is 0 Å². The fourth-order valence-corrected chi connectivity index (χ4v) is 3.24. The lowest BCUT2D eigenvalue weighted by molar-refractivity contribution is -0.154. The van der Waals surface area contributed by atoms with Gasteiger partial charge in [0.2, 0.25) is 5.91 Å².